The molecule has 0 radical (unpaired) electrons. The molecule has 5 rings (SSSR count). The van der Waals surface area contributed by atoms with Gasteiger partial charge >= 0.3 is 0 Å². The number of hydrogen-bond acceptors (Lipinski definition) is 4. The average molecular weight is 541 g/mol. The van der Waals surface area contributed by atoms with Gasteiger partial charge in [0.2, 0.25) is 11.6 Å². The van der Waals surface area contributed by atoms with Crippen LogP contribution in [0.4, 0.5) is 0 Å². The largest absolute Gasteiger partial charge is 0.494 e. The smallest absolute Gasteiger partial charge is 0.216 e. The topological polar surface area (TPSA) is 51.8 Å². The third-order valence-corrected chi connectivity index (χ3v) is 7.27. The van der Waals surface area contributed by atoms with Crippen molar-refractivity contribution in [1.29, 1.82) is 0 Å². The number of aromatic nitrogens is 3. The summed E-state index contributed by atoms with van der Waals surface area (Å²) in [5, 5.41) is 0.639. The Labute approximate surface area is 234 Å². The SMILES string of the molecule is CCOc1ccc(/C=C\C(=O)c2c(-c3ccc(Cl)cc3)nc3n(CCN(CC)CC)c4ccccc4n23)cc1. The van der Waals surface area contributed by atoms with E-state index in [1.54, 1.807) is 6.08 Å². The minimum Gasteiger partial charge on any atom is -0.494 e. The molecule has 3 aromatic carbocycles. The molecule has 6 nitrogen and oxygen atoms in total. The maximum absolute atomic E-state index is 13.9. The van der Waals surface area contributed by atoms with Gasteiger partial charge in [0.15, 0.2) is 0 Å². The maximum Gasteiger partial charge on any atom is 0.216 e. The number of allylic oxidation sites excluding steroid dienone is 1. The summed E-state index contributed by atoms with van der Waals surface area (Å²) in [5.41, 5.74) is 4.96. The molecule has 2 aromatic heterocycles. The van der Waals surface area contributed by atoms with Gasteiger partial charge in [-0.1, -0.05) is 67.9 Å². The van der Waals surface area contributed by atoms with Crippen molar-refractivity contribution in [1.82, 2.24) is 18.9 Å². The number of benzene rings is 3. The van der Waals surface area contributed by atoms with Crippen LogP contribution < -0.4 is 4.74 Å². The van der Waals surface area contributed by atoms with Crippen LogP contribution in [0, 0.1) is 0 Å². The fourth-order valence-corrected chi connectivity index (χ4v) is 5.06. The van der Waals surface area contributed by atoms with Crippen molar-refractivity contribution in [3.63, 3.8) is 0 Å². The lowest BCUT2D eigenvalue weighted by Gasteiger charge is -2.18. The van der Waals surface area contributed by atoms with Crippen LogP contribution in [0.25, 0.3) is 34.1 Å². The molecule has 39 heavy (non-hydrogen) atoms. The number of halogens is 1. The monoisotopic (exact) mass is 540 g/mol. The molecule has 0 amide bonds. The van der Waals surface area contributed by atoms with E-state index >= 15 is 0 Å². The summed E-state index contributed by atoms with van der Waals surface area (Å²) in [6, 6.07) is 23.4. The molecule has 0 N–H and O–H groups in total. The molecule has 0 bridgehead atoms. The molecule has 0 aliphatic carbocycles. The van der Waals surface area contributed by atoms with Gasteiger partial charge in [0.1, 0.15) is 17.1 Å². The Morgan fingerprint density at radius 1 is 0.949 bits per heavy atom. The Hall–Kier alpha value is -3.87. The first-order chi connectivity index (χ1) is 19.0. The number of nitrogens with zero attached hydrogens (tertiary/aromatic N) is 4. The van der Waals surface area contributed by atoms with Crippen LogP contribution in [-0.4, -0.2) is 50.9 Å². The van der Waals surface area contributed by atoms with Crippen molar-refractivity contribution in [3.05, 3.63) is 95.2 Å². The number of fused-ring (bicyclic) bond motifs is 3. The van der Waals surface area contributed by atoms with Crippen molar-refractivity contribution in [2.75, 3.05) is 26.2 Å². The molecule has 0 saturated heterocycles. The van der Waals surface area contributed by atoms with Crippen molar-refractivity contribution in [3.8, 4) is 17.0 Å². The van der Waals surface area contributed by atoms with Gasteiger partial charge < -0.3 is 14.2 Å². The molecular formula is C32H33ClN4O2. The van der Waals surface area contributed by atoms with Crippen molar-refractivity contribution in [2.45, 2.75) is 27.3 Å². The zero-order chi connectivity index (χ0) is 27.4. The van der Waals surface area contributed by atoms with E-state index < -0.39 is 0 Å². The number of ether oxygens (including phenoxy) is 1. The van der Waals surface area contributed by atoms with E-state index in [-0.39, 0.29) is 5.78 Å². The van der Waals surface area contributed by atoms with Crippen molar-refractivity contribution < 1.29 is 9.53 Å². The molecule has 0 atom stereocenters. The van der Waals surface area contributed by atoms with Crippen LogP contribution in [0.15, 0.2) is 78.9 Å². The number of para-hydroxylation sites is 2. The number of likely N-dealkylation sites (N-methyl/N-ethyl adjacent to an activating group) is 1. The van der Waals surface area contributed by atoms with E-state index in [9.17, 15) is 4.79 Å². The minimum atomic E-state index is -0.118. The molecule has 5 aromatic rings. The molecule has 200 valence electrons. The number of hydrogen-bond donors (Lipinski definition) is 0. The fraction of sp³-hybridized carbons (Fsp3) is 0.250. The Bertz CT molecular complexity index is 1610. The highest BCUT2D eigenvalue weighted by molar-refractivity contribution is 6.30. The van der Waals surface area contributed by atoms with E-state index in [2.05, 4.69) is 35.4 Å². The normalized spacial score (nSPS) is 11.8. The predicted octanol–water partition coefficient (Wildman–Crippen LogP) is 7.25. The number of carbonyl (C=O) groups excluding carboxylic acids is 1. The van der Waals surface area contributed by atoms with Gasteiger partial charge in [0.05, 0.1) is 17.6 Å². The third-order valence-electron chi connectivity index (χ3n) is 7.02. The zero-order valence-electron chi connectivity index (χ0n) is 22.6. The molecule has 0 aliphatic heterocycles. The van der Waals surface area contributed by atoms with E-state index in [1.807, 2.05) is 78.1 Å². The van der Waals surface area contributed by atoms with Gasteiger partial charge in [0.25, 0.3) is 0 Å². The highest BCUT2D eigenvalue weighted by Gasteiger charge is 2.24. The van der Waals surface area contributed by atoms with Gasteiger partial charge in [0, 0.05) is 23.7 Å². The second-order valence-electron chi connectivity index (χ2n) is 9.32. The Kier molecular flexibility index (Phi) is 8.15. The first-order valence-corrected chi connectivity index (χ1v) is 13.8. The van der Waals surface area contributed by atoms with Crippen LogP contribution in [0.3, 0.4) is 0 Å². The number of rotatable bonds is 11. The molecule has 0 saturated carbocycles. The minimum absolute atomic E-state index is 0.118. The predicted molar refractivity (Wildman–Crippen MR) is 160 cm³/mol. The van der Waals surface area contributed by atoms with Gasteiger partial charge in [-0.15, -0.1) is 0 Å². The summed E-state index contributed by atoms with van der Waals surface area (Å²) < 4.78 is 9.77. The number of ketones is 1. The average Bonchev–Trinajstić information content (AvgIpc) is 3.49. The lowest BCUT2D eigenvalue weighted by atomic mass is 10.1. The van der Waals surface area contributed by atoms with Gasteiger partial charge in [-0.2, -0.15) is 0 Å². The van der Waals surface area contributed by atoms with Crippen LogP contribution in [0.2, 0.25) is 5.02 Å². The van der Waals surface area contributed by atoms with Crippen LogP contribution >= 0.6 is 11.6 Å². The summed E-state index contributed by atoms with van der Waals surface area (Å²) in [7, 11) is 0. The molecule has 7 heteroatoms. The van der Waals surface area contributed by atoms with E-state index in [0.717, 1.165) is 59.9 Å². The Morgan fingerprint density at radius 2 is 1.64 bits per heavy atom. The Morgan fingerprint density at radius 3 is 2.31 bits per heavy atom. The highest BCUT2D eigenvalue weighted by atomic mass is 35.5. The summed E-state index contributed by atoms with van der Waals surface area (Å²) in [6.45, 7) is 10.5. The standard InChI is InChI=1S/C32H33ClN4O2/c1-4-35(5-2)21-22-36-27-9-7-8-10-28(27)37-31(30(34-32(36)37)24-14-16-25(33)17-15-24)29(38)20-13-23-11-18-26(19-12-23)39-6-3/h7-20H,4-6,21-22H2,1-3H3/b20-13-. The van der Waals surface area contributed by atoms with Gasteiger partial charge in [-0.3, -0.25) is 9.20 Å². The van der Waals surface area contributed by atoms with Crippen molar-refractivity contribution in [2.24, 2.45) is 0 Å². The number of carbonyl (C=O) groups is 1. The first kappa shape index (κ1) is 26.7. The summed E-state index contributed by atoms with van der Waals surface area (Å²) in [5.74, 6) is 1.44. The molecule has 0 unspecified atom stereocenters. The highest BCUT2D eigenvalue weighted by Crippen LogP contribution is 2.31. The zero-order valence-corrected chi connectivity index (χ0v) is 23.4. The third kappa shape index (κ3) is 5.49. The molecule has 0 fully saturated rings. The summed E-state index contributed by atoms with van der Waals surface area (Å²) in [6.07, 6.45) is 3.46. The van der Waals surface area contributed by atoms with Gasteiger partial charge in [-0.25, -0.2) is 4.98 Å². The molecular weight excluding hydrogens is 508 g/mol. The fourth-order valence-electron chi connectivity index (χ4n) is 4.94. The Balaban J connectivity index is 1.64. The van der Waals surface area contributed by atoms with Crippen molar-refractivity contribution >= 4 is 40.3 Å². The molecule has 2 heterocycles. The van der Waals surface area contributed by atoms with Crippen LogP contribution in [0.1, 0.15) is 36.8 Å². The van der Waals surface area contributed by atoms with Crippen LogP contribution in [0.5, 0.6) is 5.75 Å². The quantitative estimate of drug-likeness (QED) is 0.131. The summed E-state index contributed by atoms with van der Waals surface area (Å²) in [4.78, 5) is 21.4. The lowest BCUT2D eigenvalue weighted by Crippen LogP contribution is -2.27. The summed E-state index contributed by atoms with van der Waals surface area (Å²) >= 11 is 6.19. The lowest BCUT2D eigenvalue weighted by molar-refractivity contribution is 0.104. The maximum atomic E-state index is 13.9. The van der Waals surface area contributed by atoms with E-state index in [0.29, 0.717) is 23.0 Å². The van der Waals surface area contributed by atoms with E-state index in [1.165, 1.54) is 0 Å². The molecule has 0 aliphatic rings. The van der Waals surface area contributed by atoms with Crippen LogP contribution in [-0.2, 0) is 6.54 Å². The second kappa shape index (κ2) is 11.9. The number of imidazole rings is 2. The second-order valence-corrected chi connectivity index (χ2v) is 9.75. The van der Waals surface area contributed by atoms with E-state index in [4.69, 9.17) is 21.3 Å². The first-order valence-electron chi connectivity index (χ1n) is 13.5. The molecule has 0 spiro atoms. The van der Waals surface area contributed by atoms with Gasteiger partial charge in [-0.05, 0) is 68.1 Å².